The van der Waals surface area contributed by atoms with Gasteiger partial charge in [-0.3, -0.25) is 14.2 Å². The van der Waals surface area contributed by atoms with Gasteiger partial charge in [-0.1, -0.05) is 54.2 Å². The van der Waals surface area contributed by atoms with Crippen LogP contribution in [0.4, 0.5) is 10.1 Å². The van der Waals surface area contributed by atoms with Crippen molar-refractivity contribution in [1.82, 2.24) is 9.55 Å². The fourth-order valence-electron chi connectivity index (χ4n) is 3.57. The van der Waals surface area contributed by atoms with Crippen molar-refractivity contribution < 1.29 is 9.18 Å². The molecule has 7 heteroatoms. The van der Waals surface area contributed by atoms with Crippen molar-refractivity contribution in [1.29, 1.82) is 0 Å². The molecule has 0 saturated heterocycles. The Morgan fingerprint density at radius 1 is 1.00 bits per heavy atom. The van der Waals surface area contributed by atoms with Gasteiger partial charge in [0.25, 0.3) is 5.56 Å². The van der Waals surface area contributed by atoms with E-state index in [4.69, 9.17) is 0 Å². The van der Waals surface area contributed by atoms with Crippen molar-refractivity contribution in [3.63, 3.8) is 0 Å². The highest BCUT2D eigenvalue weighted by Gasteiger charge is 2.21. The van der Waals surface area contributed by atoms with E-state index in [1.807, 2.05) is 44.2 Å². The average molecular weight is 448 g/mol. The summed E-state index contributed by atoms with van der Waals surface area (Å²) in [6.07, 6.45) is 0. The molecular weight excluding hydrogens is 425 g/mol. The highest BCUT2D eigenvalue weighted by Crippen LogP contribution is 2.25. The van der Waals surface area contributed by atoms with Gasteiger partial charge in [0.05, 0.1) is 22.3 Å². The molecule has 0 aliphatic rings. The molecule has 32 heavy (non-hydrogen) atoms. The first-order chi connectivity index (χ1) is 15.5. The fraction of sp³-hybridized carbons (Fsp3) is 0.160. The molecule has 0 N–H and O–H groups in total. The van der Waals surface area contributed by atoms with E-state index < -0.39 is 5.82 Å². The van der Waals surface area contributed by atoms with Crippen LogP contribution in [0.25, 0.3) is 16.6 Å². The third kappa shape index (κ3) is 4.29. The van der Waals surface area contributed by atoms with Crippen LogP contribution in [-0.4, -0.2) is 27.3 Å². The lowest BCUT2D eigenvalue weighted by atomic mass is 10.2. The third-order valence-corrected chi connectivity index (χ3v) is 5.91. The SMILES string of the molecule is CC(C)N(C(=O)CSc1nc2ccccc2c(=O)n1-c1ccccc1F)c1ccccc1. The van der Waals surface area contributed by atoms with Gasteiger partial charge in [0.15, 0.2) is 5.16 Å². The van der Waals surface area contributed by atoms with Crippen LogP contribution in [0.1, 0.15) is 13.8 Å². The van der Waals surface area contributed by atoms with E-state index in [9.17, 15) is 14.0 Å². The molecule has 0 atom stereocenters. The highest BCUT2D eigenvalue weighted by atomic mass is 32.2. The number of carbonyl (C=O) groups is 1. The summed E-state index contributed by atoms with van der Waals surface area (Å²) in [7, 11) is 0. The molecule has 4 aromatic rings. The lowest BCUT2D eigenvalue weighted by molar-refractivity contribution is -0.116. The fourth-order valence-corrected chi connectivity index (χ4v) is 4.43. The van der Waals surface area contributed by atoms with Crippen LogP contribution in [-0.2, 0) is 4.79 Å². The molecule has 0 spiro atoms. The summed E-state index contributed by atoms with van der Waals surface area (Å²) < 4.78 is 15.9. The molecule has 0 saturated carbocycles. The van der Waals surface area contributed by atoms with E-state index in [2.05, 4.69) is 4.98 Å². The molecule has 1 aromatic heterocycles. The second kappa shape index (κ2) is 9.36. The number of hydrogen-bond donors (Lipinski definition) is 0. The topological polar surface area (TPSA) is 55.2 Å². The predicted octanol–water partition coefficient (Wildman–Crippen LogP) is 5.06. The Kier molecular flexibility index (Phi) is 6.37. The average Bonchev–Trinajstić information content (AvgIpc) is 2.79. The Bertz CT molecular complexity index is 1320. The van der Waals surface area contributed by atoms with Gasteiger partial charge >= 0.3 is 0 Å². The molecule has 162 valence electrons. The maximum Gasteiger partial charge on any atom is 0.266 e. The van der Waals surface area contributed by atoms with Gasteiger partial charge in [-0.05, 0) is 50.2 Å². The molecule has 0 fully saturated rings. The van der Waals surface area contributed by atoms with Crippen LogP contribution in [0.5, 0.6) is 0 Å². The molecule has 1 amide bonds. The van der Waals surface area contributed by atoms with E-state index >= 15 is 0 Å². The van der Waals surface area contributed by atoms with E-state index in [1.54, 1.807) is 41.3 Å². The Labute approximate surface area is 189 Å². The minimum absolute atomic E-state index is 0.0479. The number of hydrogen-bond acceptors (Lipinski definition) is 4. The van der Waals surface area contributed by atoms with Gasteiger partial charge in [-0.15, -0.1) is 0 Å². The number of nitrogens with zero attached hydrogens (tertiary/aromatic N) is 3. The molecule has 4 rings (SSSR count). The molecule has 0 bridgehead atoms. The number of fused-ring (bicyclic) bond motifs is 1. The molecule has 5 nitrogen and oxygen atoms in total. The summed E-state index contributed by atoms with van der Waals surface area (Å²) in [4.78, 5) is 32.7. The van der Waals surface area contributed by atoms with Gasteiger partial charge in [-0.2, -0.15) is 0 Å². The van der Waals surface area contributed by atoms with Crippen molar-refractivity contribution in [2.75, 3.05) is 10.7 Å². The summed E-state index contributed by atoms with van der Waals surface area (Å²) in [5.41, 5.74) is 1.03. The van der Waals surface area contributed by atoms with Crippen molar-refractivity contribution >= 4 is 34.3 Å². The summed E-state index contributed by atoms with van der Waals surface area (Å²) in [6, 6.07) is 22.4. The molecule has 0 radical (unpaired) electrons. The number of rotatable bonds is 6. The number of amides is 1. The molecule has 3 aromatic carbocycles. The number of para-hydroxylation sites is 3. The highest BCUT2D eigenvalue weighted by molar-refractivity contribution is 7.99. The molecule has 0 aliphatic heterocycles. The monoisotopic (exact) mass is 447 g/mol. The van der Waals surface area contributed by atoms with Crippen LogP contribution in [0.3, 0.4) is 0 Å². The van der Waals surface area contributed by atoms with Crippen molar-refractivity contribution in [3.05, 3.63) is 95.0 Å². The number of thioether (sulfide) groups is 1. The maximum atomic E-state index is 14.6. The van der Waals surface area contributed by atoms with Crippen LogP contribution in [0, 0.1) is 5.82 Å². The van der Waals surface area contributed by atoms with Crippen LogP contribution >= 0.6 is 11.8 Å². The van der Waals surface area contributed by atoms with E-state index in [0.29, 0.717) is 10.9 Å². The standard InChI is InChI=1S/C25H22FN3O2S/c1-17(2)28(18-10-4-3-5-11-18)23(30)16-32-25-27-21-14-8-6-12-19(21)24(31)29(25)22-15-9-7-13-20(22)26/h3-15,17H,16H2,1-2H3. The second-order valence-corrected chi connectivity index (χ2v) is 8.43. The number of halogens is 1. The summed E-state index contributed by atoms with van der Waals surface area (Å²) in [5.74, 6) is -0.613. The third-order valence-electron chi connectivity index (χ3n) is 4.98. The summed E-state index contributed by atoms with van der Waals surface area (Å²) >= 11 is 1.12. The first-order valence-corrected chi connectivity index (χ1v) is 11.2. The van der Waals surface area contributed by atoms with Gasteiger partial charge < -0.3 is 4.90 Å². The van der Waals surface area contributed by atoms with Crippen LogP contribution in [0.2, 0.25) is 0 Å². The van der Waals surface area contributed by atoms with E-state index in [0.717, 1.165) is 17.4 Å². The number of aromatic nitrogens is 2. The van der Waals surface area contributed by atoms with Gasteiger partial charge in [-0.25, -0.2) is 9.37 Å². The minimum atomic E-state index is -0.534. The number of carbonyl (C=O) groups excluding carboxylic acids is 1. The summed E-state index contributed by atoms with van der Waals surface area (Å²) in [5, 5.41) is 0.656. The quantitative estimate of drug-likeness (QED) is 0.306. The van der Waals surface area contributed by atoms with Crippen molar-refractivity contribution in [2.24, 2.45) is 0 Å². The molecular formula is C25H22FN3O2S. The van der Waals surface area contributed by atoms with Gasteiger partial charge in [0, 0.05) is 11.7 Å². The van der Waals surface area contributed by atoms with Gasteiger partial charge in [0.1, 0.15) is 5.82 Å². The minimum Gasteiger partial charge on any atom is -0.309 e. The first kappa shape index (κ1) is 21.8. The lowest BCUT2D eigenvalue weighted by Crippen LogP contribution is -2.38. The second-order valence-electron chi connectivity index (χ2n) is 7.49. The maximum absolute atomic E-state index is 14.6. The van der Waals surface area contributed by atoms with E-state index in [1.165, 1.54) is 16.7 Å². The normalized spacial score (nSPS) is 11.1. The van der Waals surface area contributed by atoms with Crippen molar-refractivity contribution in [2.45, 2.75) is 25.0 Å². The van der Waals surface area contributed by atoms with Crippen molar-refractivity contribution in [3.8, 4) is 5.69 Å². The zero-order valence-corrected chi connectivity index (χ0v) is 18.6. The Morgan fingerprint density at radius 3 is 2.38 bits per heavy atom. The largest absolute Gasteiger partial charge is 0.309 e. The molecule has 1 heterocycles. The van der Waals surface area contributed by atoms with Gasteiger partial charge in [0.2, 0.25) is 5.91 Å². The Balaban J connectivity index is 1.74. The number of anilines is 1. The predicted molar refractivity (Wildman–Crippen MR) is 127 cm³/mol. The Hall–Kier alpha value is -3.45. The smallest absolute Gasteiger partial charge is 0.266 e. The lowest BCUT2D eigenvalue weighted by Gasteiger charge is -2.27. The zero-order valence-electron chi connectivity index (χ0n) is 17.7. The van der Waals surface area contributed by atoms with Crippen LogP contribution in [0.15, 0.2) is 88.8 Å². The summed E-state index contributed by atoms with van der Waals surface area (Å²) in [6.45, 7) is 3.89. The van der Waals surface area contributed by atoms with E-state index in [-0.39, 0.29) is 34.1 Å². The Morgan fingerprint density at radius 2 is 1.66 bits per heavy atom. The molecule has 0 aliphatic carbocycles. The van der Waals surface area contributed by atoms with Crippen LogP contribution < -0.4 is 10.5 Å². The first-order valence-electron chi connectivity index (χ1n) is 10.2. The zero-order chi connectivity index (χ0) is 22.7. The molecule has 0 unspecified atom stereocenters. The number of benzene rings is 3.